The second kappa shape index (κ2) is 7.84. The molecule has 0 aliphatic carbocycles. The van der Waals surface area contributed by atoms with Crippen LogP contribution in [0.4, 0.5) is 5.69 Å². The largest absolute Gasteiger partial charge is 0.437 e. The molecule has 5 rings (SSSR count). The van der Waals surface area contributed by atoms with Crippen LogP contribution >= 0.6 is 0 Å². The molecule has 2 nitrogen and oxygen atoms in total. The van der Waals surface area contributed by atoms with Gasteiger partial charge in [-0.15, -0.1) is 0 Å². The van der Waals surface area contributed by atoms with Crippen molar-refractivity contribution in [3.05, 3.63) is 137 Å². The van der Waals surface area contributed by atoms with E-state index in [-0.39, 0.29) is 0 Å². The lowest BCUT2D eigenvalue weighted by molar-refractivity contribution is 0.527. The van der Waals surface area contributed by atoms with Gasteiger partial charge in [0.05, 0.1) is 5.69 Å². The van der Waals surface area contributed by atoms with Crippen molar-refractivity contribution in [3.8, 4) is 0 Å². The molecule has 0 saturated heterocycles. The highest BCUT2D eigenvalue weighted by Crippen LogP contribution is 2.39. The van der Waals surface area contributed by atoms with Crippen LogP contribution in [0, 0.1) is 6.92 Å². The first-order valence-electron chi connectivity index (χ1n) is 10.1. The van der Waals surface area contributed by atoms with Crippen molar-refractivity contribution >= 4 is 22.9 Å². The number of hydrogen-bond donors (Lipinski definition) is 0. The number of nitrogens with zero attached hydrogens (tertiary/aromatic N) is 1. The van der Waals surface area contributed by atoms with Crippen molar-refractivity contribution in [1.29, 1.82) is 0 Å². The molecule has 1 aliphatic rings. The van der Waals surface area contributed by atoms with Gasteiger partial charge < -0.3 is 4.74 Å². The molecule has 4 aromatic carbocycles. The number of fused-ring (bicyclic) bond motifs is 1. The molecule has 4 aromatic rings. The van der Waals surface area contributed by atoms with Gasteiger partial charge in [0.25, 0.3) is 0 Å². The van der Waals surface area contributed by atoms with E-state index in [1.807, 2.05) is 36.4 Å². The summed E-state index contributed by atoms with van der Waals surface area (Å²) in [6, 6.07) is 37.2. The van der Waals surface area contributed by atoms with Crippen molar-refractivity contribution in [3.63, 3.8) is 0 Å². The zero-order valence-corrected chi connectivity index (χ0v) is 16.7. The molecule has 0 unspecified atom stereocenters. The average molecular weight is 387 g/mol. The third-order valence-electron chi connectivity index (χ3n) is 5.22. The molecule has 0 aromatic heterocycles. The van der Waals surface area contributed by atoms with Crippen molar-refractivity contribution in [2.24, 2.45) is 4.99 Å². The minimum atomic E-state index is 0.633. The lowest BCUT2D eigenvalue weighted by atomic mass is 9.94. The summed E-state index contributed by atoms with van der Waals surface area (Å²) in [6.45, 7) is 2.07. The number of hydrogen-bond acceptors (Lipinski definition) is 2. The summed E-state index contributed by atoms with van der Waals surface area (Å²) in [5.41, 5.74) is 7.46. The van der Waals surface area contributed by atoms with Gasteiger partial charge in [-0.05, 0) is 36.2 Å². The van der Waals surface area contributed by atoms with E-state index in [2.05, 4.69) is 79.7 Å². The summed E-state index contributed by atoms with van der Waals surface area (Å²) >= 11 is 0. The van der Waals surface area contributed by atoms with Crippen LogP contribution in [0.1, 0.15) is 27.8 Å². The lowest BCUT2D eigenvalue weighted by Gasteiger charge is -2.12. The topological polar surface area (TPSA) is 21.6 Å². The quantitative estimate of drug-likeness (QED) is 0.370. The first-order valence-corrected chi connectivity index (χ1v) is 10.1. The van der Waals surface area contributed by atoms with Gasteiger partial charge in [-0.1, -0.05) is 96.6 Å². The van der Waals surface area contributed by atoms with Crippen LogP contribution in [0.15, 0.2) is 114 Å². The predicted molar refractivity (Wildman–Crippen MR) is 124 cm³/mol. The minimum absolute atomic E-state index is 0.633. The fourth-order valence-electron chi connectivity index (χ4n) is 3.72. The summed E-state index contributed by atoms with van der Waals surface area (Å²) in [6.07, 6.45) is 0. The van der Waals surface area contributed by atoms with Crippen LogP contribution in [0.5, 0.6) is 0 Å². The monoisotopic (exact) mass is 387 g/mol. The van der Waals surface area contributed by atoms with Crippen LogP contribution in [0.2, 0.25) is 0 Å². The number of aliphatic imine (C=N–C) groups is 1. The van der Waals surface area contributed by atoms with Gasteiger partial charge in [0.2, 0.25) is 5.90 Å². The van der Waals surface area contributed by atoms with Crippen LogP contribution in [-0.2, 0) is 4.74 Å². The number of ether oxygens (including phenoxy) is 1. The van der Waals surface area contributed by atoms with Crippen molar-refractivity contribution in [1.82, 2.24) is 0 Å². The van der Waals surface area contributed by atoms with Crippen LogP contribution in [-0.4, -0.2) is 5.90 Å². The Morgan fingerprint density at radius 1 is 0.600 bits per heavy atom. The molecule has 0 amide bonds. The number of rotatable bonds is 3. The van der Waals surface area contributed by atoms with Gasteiger partial charge in [-0.25, -0.2) is 4.99 Å². The Morgan fingerprint density at radius 3 is 1.73 bits per heavy atom. The molecule has 30 heavy (non-hydrogen) atoms. The Balaban J connectivity index is 1.72. The van der Waals surface area contributed by atoms with Crippen molar-refractivity contribution in [2.45, 2.75) is 6.92 Å². The molecule has 1 heterocycles. The van der Waals surface area contributed by atoms with E-state index >= 15 is 0 Å². The standard InChI is InChI=1S/C28H21NO/c1-20-16-18-23(19-17-20)29-28-25-15-9-8-14-24(25)27(30-28)26(21-10-4-2-5-11-21)22-12-6-3-7-13-22/h2-19H,1H3. The first-order chi connectivity index (χ1) is 14.8. The molecule has 0 fully saturated rings. The molecular formula is C28H21NO. The van der Waals surface area contributed by atoms with Crippen LogP contribution in [0.25, 0.3) is 11.3 Å². The predicted octanol–water partition coefficient (Wildman–Crippen LogP) is 7.02. The summed E-state index contributed by atoms with van der Waals surface area (Å²) in [7, 11) is 0. The van der Waals surface area contributed by atoms with E-state index in [9.17, 15) is 0 Å². The molecule has 0 saturated carbocycles. The van der Waals surface area contributed by atoms with E-state index in [1.54, 1.807) is 0 Å². The zero-order valence-electron chi connectivity index (χ0n) is 16.7. The molecule has 0 spiro atoms. The smallest absolute Gasteiger partial charge is 0.227 e. The van der Waals surface area contributed by atoms with Crippen LogP contribution < -0.4 is 0 Å². The fourth-order valence-corrected chi connectivity index (χ4v) is 3.72. The second-order valence-corrected chi connectivity index (χ2v) is 7.34. The first kappa shape index (κ1) is 18.1. The maximum absolute atomic E-state index is 6.47. The van der Waals surface area contributed by atoms with Gasteiger partial charge in [0.15, 0.2) is 0 Å². The van der Waals surface area contributed by atoms with Crippen molar-refractivity contribution < 1.29 is 4.74 Å². The van der Waals surface area contributed by atoms with Gasteiger partial charge in [0.1, 0.15) is 5.76 Å². The Kier molecular flexibility index (Phi) is 4.74. The van der Waals surface area contributed by atoms with Gasteiger partial charge >= 0.3 is 0 Å². The van der Waals surface area contributed by atoms with E-state index in [4.69, 9.17) is 9.73 Å². The lowest BCUT2D eigenvalue weighted by Crippen LogP contribution is -1.97. The number of benzene rings is 4. The zero-order chi connectivity index (χ0) is 20.3. The Morgan fingerprint density at radius 2 is 1.13 bits per heavy atom. The molecule has 0 bridgehead atoms. The van der Waals surface area contributed by atoms with E-state index in [1.165, 1.54) is 5.56 Å². The SMILES string of the molecule is Cc1ccc(N=C2OC(=C(c3ccccc3)c3ccccc3)c3ccccc32)cc1. The minimum Gasteiger partial charge on any atom is -0.437 e. The van der Waals surface area contributed by atoms with Crippen molar-refractivity contribution in [2.75, 3.05) is 0 Å². The molecular weight excluding hydrogens is 366 g/mol. The normalized spacial score (nSPS) is 13.8. The second-order valence-electron chi connectivity index (χ2n) is 7.34. The summed E-state index contributed by atoms with van der Waals surface area (Å²) in [5.74, 6) is 1.47. The highest BCUT2D eigenvalue weighted by molar-refractivity contribution is 6.13. The van der Waals surface area contributed by atoms with Gasteiger partial charge in [0, 0.05) is 16.7 Å². The fraction of sp³-hybridized carbons (Fsp3) is 0.0357. The highest BCUT2D eigenvalue weighted by atomic mass is 16.5. The van der Waals surface area contributed by atoms with E-state index in [0.717, 1.165) is 39.3 Å². The molecule has 0 radical (unpaired) electrons. The van der Waals surface area contributed by atoms with E-state index in [0.29, 0.717) is 5.90 Å². The highest BCUT2D eigenvalue weighted by Gasteiger charge is 2.28. The molecule has 144 valence electrons. The Labute approximate surface area is 176 Å². The summed E-state index contributed by atoms with van der Waals surface area (Å²) in [4.78, 5) is 4.82. The molecule has 2 heteroatoms. The molecule has 0 N–H and O–H groups in total. The maximum atomic E-state index is 6.47. The Hall–Kier alpha value is -3.91. The maximum Gasteiger partial charge on any atom is 0.227 e. The van der Waals surface area contributed by atoms with Gasteiger partial charge in [-0.2, -0.15) is 0 Å². The Bertz CT molecular complexity index is 1200. The average Bonchev–Trinajstić information content (AvgIpc) is 3.15. The van der Waals surface area contributed by atoms with Gasteiger partial charge in [-0.3, -0.25) is 0 Å². The summed E-state index contributed by atoms with van der Waals surface area (Å²) < 4.78 is 6.47. The van der Waals surface area contributed by atoms with E-state index < -0.39 is 0 Å². The summed E-state index contributed by atoms with van der Waals surface area (Å²) in [5, 5.41) is 0. The molecule has 1 aliphatic heterocycles. The third-order valence-corrected chi connectivity index (χ3v) is 5.22. The molecule has 0 atom stereocenters. The number of aryl methyl sites for hydroxylation is 1. The van der Waals surface area contributed by atoms with Crippen LogP contribution in [0.3, 0.4) is 0 Å². The third kappa shape index (κ3) is 3.44.